The second-order valence-electron chi connectivity index (χ2n) is 9.59. The molecule has 7 heteroatoms. The second kappa shape index (κ2) is 14.8. The first-order chi connectivity index (χ1) is 16.7. The maximum Gasteiger partial charge on any atom is 0.211 e. The van der Waals surface area contributed by atoms with Gasteiger partial charge in [0.25, 0.3) is 0 Å². The summed E-state index contributed by atoms with van der Waals surface area (Å²) in [6.45, 7) is 10.1. The van der Waals surface area contributed by atoms with E-state index in [0.717, 1.165) is 29.8 Å². The van der Waals surface area contributed by atoms with Gasteiger partial charge >= 0.3 is 0 Å². The normalized spacial score (nSPS) is 20.8. The lowest BCUT2D eigenvalue weighted by Gasteiger charge is -2.35. The Morgan fingerprint density at radius 1 is 1.17 bits per heavy atom. The third-order valence-electron chi connectivity index (χ3n) is 6.85. The van der Waals surface area contributed by atoms with Crippen LogP contribution in [-0.4, -0.2) is 45.2 Å². The molecule has 0 bridgehead atoms. The minimum atomic E-state index is -3.11. The molecule has 1 aliphatic carbocycles. The van der Waals surface area contributed by atoms with Gasteiger partial charge in [0, 0.05) is 18.1 Å². The van der Waals surface area contributed by atoms with Crippen molar-refractivity contribution >= 4 is 27.7 Å². The fourth-order valence-electron chi connectivity index (χ4n) is 4.85. The van der Waals surface area contributed by atoms with Crippen molar-refractivity contribution in [2.24, 2.45) is 11.7 Å². The summed E-state index contributed by atoms with van der Waals surface area (Å²) in [5.74, 6) is 0.776. The number of benzene rings is 1. The van der Waals surface area contributed by atoms with Gasteiger partial charge in [0.2, 0.25) is 10.0 Å². The van der Waals surface area contributed by atoms with E-state index in [-0.39, 0.29) is 0 Å². The molecule has 1 aromatic carbocycles. The van der Waals surface area contributed by atoms with E-state index < -0.39 is 10.0 Å². The van der Waals surface area contributed by atoms with Gasteiger partial charge in [-0.1, -0.05) is 50.1 Å². The smallest absolute Gasteiger partial charge is 0.211 e. The number of nitrogens with zero attached hydrogens (tertiary/aromatic N) is 1. The molecule has 0 saturated carbocycles. The molecule has 1 aromatic rings. The highest BCUT2D eigenvalue weighted by atomic mass is 35.5. The molecule has 35 heavy (non-hydrogen) atoms. The summed E-state index contributed by atoms with van der Waals surface area (Å²) in [4.78, 5) is 0. The summed E-state index contributed by atoms with van der Waals surface area (Å²) in [6, 6.07) is 6.12. The maximum absolute atomic E-state index is 11.8. The molecule has 0 radical (unpaired) electrons. The van der Waals surface area contributed by atoms with Crippen LogP contribution in [0.2, 0.25) is 5.02 Å². The lowest BCUT2D eigenvalue weighted by molar-refractivity contribution is 0.243. The van der Waals surface area contributed by atoms with Crippen molar-refractivity contribution in [3.8, 4) is 0 Å². The Morgan fingerprint density at radius 2 is 1.89 bits per heavy atom. The minimum absolute atomic E-state index is 0.338. The third-order valence-corrected chi connectivity index (χ3v) is 8.38. The van der Waals surface area contributed by atoms with Crippen LogP contribution >= 0.6 is 11.6 Å². The van der Waals surface area contributed by atoms with E-state index >= 15 is 0 Å². The first kappa shape index (κ1) is 29.6. The van der Waals surface area contributed by atoms with Gasteiger partial charge in [0.1, 0.15) is 0 Å². The van der Waals surface area contributed by atoms with E-state index in [9.17, 15) is 8.42 Å². The molecule has 1 saturated heterocycles. The zero-order valence-corrected chi connectivity index (χ0v) is 23.5. The highest BCUT2D eigenvalue weighted by molar-refractivity contribution is 7.88. The Bertz CT molecular complexity index is 987. The predicted octanol–water partition coefficient (Wildman–Crippen LogP) is 6.09. The van der Waals surface area contributed by atoms with Gasteiger partial charge in [-0.25, -0.2) is 12.7 Å². The van der Waals surface area contributed by atoms with Gasteiger partial charge in [-0.2, -0.15) is 0 Å². The fourth-order valence-corrected chi connectivity index (χ4v) is 5.90. The Morgan fingerprint density at radius 3 is 2.49 bits per heavy atom. The predicted molar refractivity (Wildman–Crippen MR) is 151 cm³/mol. The first-order valence-corrected chi connectivity index (χ1v) is 15.1. The van der Waals surface area contributed by atoms with Crippen LogP contribution in [-0.2, 0) is 10.0 Å². The molecule has 1 fully saturated rings. The van der Waals surface area contributed by atoms with Crippen LogP contribution in [0.15, 0.2) is 47.7 Å². The summed E-state index contributed by atoms with van der Waals surface area (Å²) in [7, 11) is -3.11. The lowest BCUT2D eigenvalue weighted by Crippen LogP contribution is -2.39. The quantitative estimate of drug-likeness (QED) is 0.406. The number of hydrogen-bond acceptors (Lipinski definition) is 4. The number of rotatable bonds is 8. The Hall–Kier alpha value is -1.60. The lowest BCUT2D eigenvalue weighted by atomic mass is 9.76. The van der Waals surface area contributed by atoms with Crippen molar-refractivity contribution in [3.05, 3.63) is 63.8 Å². The Labute approximate surface area is 218 Å². The average Bonchev–Trinajstić information content (AvgIpc) is 2.96. The molecule has 3 rings (SSSR count). The van der Waals surface area contributed by atoms with E-state index in [1.54, 1.807) is 10.5 Å². The van der Waals surface area contributed by atoms with Crippen LogP contribution in [0.25, 0.3) is 6.08 Å². The number of sulfonamides is 1. The molecule has 0 amide bonds. The van der Waals surface area contributed by atoms with Crippen LogP contribution in [0.3, 0.4) is 0 Å². The molecule has 0 aromatic heterocycles. The number of piperidine rings is 1. The Balaban J connectivity index is 0.000000466. The van der Waals surface area contributed by atoms with Gasteiger partial charge in [-0.3, -0.25) is 0 Å². The molecule has 3 N–H and O–H groups in total. The van der Waals surface area contributed by atoms with Crippen molar-refractivity contribution in [2.45, 2.75) is 65.2 Å². The molecule has 1 heterocycles. The summed E-state index contributed by atoms with van der Waals surface area (Å²) in [6.07, 6.45) is 15.5. The van der Waals surface area contributed by atoms with Gasteiger partial charge in [-0.15, -0.1) is 0 Å². The van der Waals surface area contributed by atoms with E-state index in [1.165, 1.54) is 55.3 Å². The topological polar surface area (TPSA) is 75.4 Å². The average molecular weight is 522 g/mol. The zero-order chi connectivity index (χ0) is 25.8. The van der Waals surface area contributed by atoms with Gasteiger partial charge in [0.15, 0.2) is 0 Å². The van der Waals surface area contributed by atoms with Gasteiger partial charge in [-0.05, 0) is 111 Å². The number of hydrogen-bond donors (Lipinski definition) is 2. The van der Waals surface area contributed by atoms with Crippen molar-refractivity contribution in [1.82, 2.24) is 9.62 Å². The maximum atomic E-state index is 11.8. The molecule has 1 unspecified atom stereocenters. The highest BCUT2D eigenvalue weighted by Crippen LogP contribution is 2.43. The van der Waals surface area contributed by atoms with Gasteiger partial charge < -0.3 is 11.1 Å². The molecular formula is C28H44ClN3O2S. The van der Waals surface area contributed by atoms with E-state index in [0.29, 0.717) is 24.9 Å². The molecule has 1 atom stereocenters. The third kappa shape index (κ3) is 9.41. The summed E-state index contributed by atoms with van der Waals surface area (Å²) in [5, 5.41) is 4.07. The van der Waals surface area contributed by atoms with Gasteiger partial charge in [0.05, 0.1) is 6.26 Å². The van der Waals surface area contributed by atoms with Crippen LogP contribution < -0.4 is 11.1 Å². The molecule has 2 aliphatic rings. The molecule has 0 spiro atoms. The van der Waals surface area contributed by atoms with E-state index in [2.05, 4.69) is 44.3 Å². The van der Waals surface area contributed by atoms with Crippen molar-refractivity contribution in [3.63, 3.8) is 0 Å². The zero-order valence-electron chi connectivity index (χ0n) is 21.9. The van der Waals surface area contributed by atoms with Crippen LogP contribution in [0.5, 0.6) is 0 Å². The minimum Gasteiger partial charge on any atom is -0.405 e. The monoisotopic (exact) mass is 521 g/mol. The Kier molecular flexibility index (Phi) is 12.6. The number of unbranched alkanes of at least 4 members (excludes halogenated alkanes) is 1. The number of fused-ring (bicyclic) bond motifs is 1. The summed E-state index contributed by atoms with van der Waals surface area (Å²) in [5.41, 5.74) is 10.5. The first-order valence-electron chi connectivity index (χ1n) is 12.9. The summed E-state index contributed by atoms with van der Waals surface area (Å²) >= 11 is 6.26. The largest absolute Gasteiger partial charge is 0.405 e. The number of nitrogens with one attached hydrogen (secondary N) is 1. The molecule has 196 valence electrons. The molecule has 5 nitrogen and oxygen atoms in total. The van der Waals surface area contributed by atoms with Crippen molar-refractivity contribution in [1.29, 1.82) is 0 Å². The second-order valence-corrected chi connectivity index (χ2v) is 12.0. The number of halogens is 1. The van der Waals surface area contributed by atoms with E-state index in [1.807, 2.05) is 18.2 Å². The van der Waals surface area contributed by atoms with Crippen LogP contribution in [0.4, 0.5) is 0 Å². The molecule has 1 aliphatic heterocycles. The van der Waals surface area contributed by atoms with Crippen LogP contribution in [0, 0.1) is 5.92 Å². The van der Waals surface area contributed by atoms with Crippen LogP contribution in [0.1, 0.15) is 76.3 Å². The van der Waals surface area contributed by atoms with Crippen molar-refractivity contribution < 1.29 is 8.42 Å². The standard InChI is InChI=1S/C21H27ClN2O2S.C7H17N/c1-15-12-18-13-19(22)5-6-20(18)21(14-17(15)4-3-9-23)16-7-10-24(11-8-16)27(2,25)26;1-3-5-7-8-6-4-2/h3-6,9,12-13,16,21H,7-8,10-11,14,23H2,1-2H3;8H,3-7H2,1-2H3/b9-3-,17-4+;. The summed E-state index contributed by atoms with van der Waals surface area (Å²) < 4.78 is 25.3. The number of nitrogens with two attached hydrogens (primary N) is 1. The highest BCUT2D eigenvalue weighted by Gasteiger charge is 2.33. The fraction of sp³-hybridized carbons (Fsp3) is 0.571. The SMILES string of the molecule is CC1=Cc2cc(Cl)ccc2C(C2CCN(S(C)(=O)=O)CC2)C/C1=C\C=C/N.CCCCNCCC. The van der Waals surface area contributed by atoms with E-state index in [4.69, 9.17) is 17.3 Å². The molecular weight excluding hydrogens is 478 g/mol. The number of allylic oxidation sites excluding steroid dienone is 4. The van der Waals surface area contributed by atoms with Crippen molar-refractivity contribution in [2.75, 3.05) is 32.4 Å².